The van der Waals surface area contributed by atoms with Gasteiger partial charge in [-0.25, -0.2) is 4.79 Å². The van der Waals surface area contributed by atoms with Gasteiger partial charge < -0.3 is 14.6 Å². The van der Waals surface area contributed by atoms with Crippen LogP contribution in [-0.2, 0) is 13.6 Å². The Morgan fingerprint density at radius 2 is 2.06 bits per heavy atom. The van der Waals surface area contributed by atoms with Gasteiger partial charge in [-0.05, 0) is 63.1 Å². The summed E-state index contributed by atoms with van der Waals surface area (Å²) >= 11 is 8.02. The average molecular weight is 511 g/mol. The summed E-state index contributed by atoms with van der Waals surface area (Å²) in [6, 6.07) is 9.60. The molecule has 1 saturated heterocycles. The van der Waals surface area contributed by atoms with E-state index < -0.39 is 0 Å². The molecule has 1 fully saturated rings. The minimum Gasteiger partial charge on any atom is -0.489 e. The zero-order valence-electron chi connectivity index (χ0n) is 19.9. The predicted molar refractivity (Wildman–Crippen MR) is 141 cm³/mol. The number of pyridine rings is 1. The smallest absolute Gasteiger partial charge is 0.331 e. The Labute approximate surface area is 212 Å². The molecule has 35 heavy (non-hydrogen) atoms. The van der Waals surface area contributed by atoms with Crippen LogP contribution in [0.15, 0.2) is 52.3 Å². The molecule has 0 amide bonds. The molecule has 0 saturated carbocycles. The first-order chi connectivity index (χ1) is 16.8. The van der Waals surface area contributed by atoms with Gasteiger partial charge in [-0.1, -0.05) is 11.6 Å². The van der Waals surface area contributed by atoms with E-state index >= 15 is 0 Å². The third kappa shape index (κ3) is 4.78. The molecular formula is C26H27ClN4O3S. The fourth-order valence-electron chi connectivity index (χ4n) is 4.64. The van der Waals surface area contributed by atoms with E-state index in [0.29, 0.717) is 11.1 Å². The van der Waals surface area contributed by atoms with Gasteiger partial charge in [0.1, 0.15) is 11.9 Å². The fourth-order valence-corrected chi connectivity index (χ4v) is 6.04. The molecule has 0 unspecified atom stereocenters. The number of nitrogens with one attached hydrogen (secondary N) is 1. The first-order valence-electron chi connectivity index (χ1n) is 11.6. The first-order valence-corrected chi connectivity index (χ1v) is 12.8. The van der Waals surface area contributed by atoms with Gasteiger partial charge in [0.05, 0.1) is 16.8 Å². The van der Waals surface area contributed by atoms with Gasteiger partial charge in [0.2, 0.25) is 0 Å². The quantitative estimate of drug-likeness (QED) is 0.432. The van der Waals surface area contributed by atoms with E-state index in [1.807, 2.05) is 31.2 Å². The minimum absolute atomic E-state index is 0.127. The number of aryl methyl sites for hydroxylation is 2. The highest BCUT2D eigenvalue weighted by Crippen LogP contribution is 2.42. The van der Waals surface area contributed by atoms with Crippen molar-refractivity contribution in [1.82, 2.24) is 19.4 Å². The van der Waals surface area contributed by atoms with Crippen molar-refractivity contribution < 1.29 is 4.74 Å². The lowest BCUT2D eigenvalue weighted by atomic mass is 10.00. The number of aromatic nitrogens is 3. The number of hydrogen-bond donors (Lipinski definition) is 1. The highest BCUT2D eigenvalue weighted by molar-refractivity contribution is 7.19. The third-order valence-corrected chi connectivity index (χ3v) is 7.77. The highest BCUT2D eigenvalue weighted by atomic mass is 35.5. The van der Waals surface area contributed by atoms with Gasteiger partial charge in [0.25, 0.3) is 5.56 Å². The SMILES string of the molecule is Cc1cc(Cl)cc(-c2ccnc3cc(Cn4c(=O)ccn(C)c4=O)sc23)c1O[C@H]1CCN[C@@H](C)C1. The molecule has 0 radical (unpaired) electrons. The van der Waals surface area contributed by atoms with Crippen molar-refractivity contribution in [3.63, 3.8) is 0 Å². The molecule has 0 bridgehead atoms. The van der Waals surface area contributed by atoms with E-state index in [9.17, 15) is 9.59 Å². The number of piperidine rings is 1. The van der Waals surface area contributed by atoms with Crippen LogP contribution in [0.1, 0.15) is 30.2 Å². The second-order valence-corrected chi connectivity index (χ2v) is 10.7. The number of hydrogen-bond acceptors (Lipinski definition) is 6. The van der Waals surface area contributed by atoms with E-state index in [2.05, 4.69) is 17.2 Å². The normalized spacial score (nSPS) is 18.2. The van der Waals surface area contributed by atoms with Gasteiger partial charge in [-0.2, -0.15) is 0 Å². The molecular weight excluding hydrogens is 484 g/mol. The Morgan fingerprint density at radius 3 is 2.86 bits per heavy atom. The van der Waals surface area contributed by atoms with Crippen molar-refractivity contribution in [2.24, 2.45) is 7.05 Å². The van der Waals surface area contributed by atoms with Crippen LogP contribution in [0, 0.1) is 6.92 Å². The van der Waals surface area contributed by atoms with E-state index in [-0.39, 0.29) is 23.9 Å². The van der Waals surface area contributed by atoms with Crippen molar-refractivity contribution in [3.8, 4) is 16.9 Å². The van der Waals surface area contributed by atoms with E-state index in [1.165, 1.54) is 32.7 Å². The number of ether oxygens (including phenoxy) is 1. The Kier molecular flexibility index (Phi) is 6.53. The van der Waals surface area contributed by atoms with Crippen LogP contribution in [0.3, 0.4) is 0 Å². The lowest BCUT2D eigenvalue weighted by Gasteiger charge is -2.30. The predicted octanol–water partition coefficient (Wildman–Crippen LogP) is 4.35. The first kappa shape index (κ1) is 23.8. The largest absolute Gasteiger partial charge is 0.489 e. The van der Waals surface area contributed by atoms with Gasteiger partial charge in [-0.15, -0.1) is 11.3 Å². The van der Waals surface area contributed by atoms with Crippen molar-refractivity contribution >= 4 is 33.2 Å². The van der Waals surface area contributed by atoms with Crippen LogP contribution in [0.2, 0.25) is 5.02 Å². The molecule has 182 valence electrons. The Balaban J connectivity index is 1.58. The van der Waals surface area contributed by atoms with Crippen LogP contribution in [0.25, 0.3) is 21.3 Å². The number of rotatable bonds is 5. The van der Waals surface area contributed by atoms with Gasteiger partial charge in [-0.3, -0.25) is 14.3 Å². The van der Waals surface area contributed by atoms with Crippen molar-refractivity contribution in [2.75, 3.05) is 6.54 Å². The zero-order chi connectivity index (χ0) is 24.7. The molecule has 3 aromatic heterocycles. The van der Waals surface area contributed by atoms with Crippen LogP contribution in [0.5, 0.6) is 5.75 Å². The third-order valence-electron chi connectivity index (χ3n) is 6.41. The second kappa shape index (κ2) is 9.60. The monoisotopic (exact) mass is 510 g/mol. The molecule has 1 aromatic carbocycles. The molecule has 0 aliphatic carbocycles. The average Bonchev–Trinajstić information content (AvgIpc) is 3.24. The van der Waals surface area contributed by atoms with Gasteiger partial charge in [0, 0.05) is 52.6 Å². The maximum atomic E-state index is 12.5. The van der Waals surface area contributed by atoms with Crippen LogP contribution in [0.4, 0.5) is 0 Å². The summed E-state index contributed by atoms with van der Waals surface area (Å²) in [4.78, 5) is 30.3. The molecule has 7 nitrogen and oxygen atoms in total. The van der Waals surface area contributed by atoms with Crippen LogP contribution >= 0.6 is 22.9 Å². The summed E-state index contributed by atoms with van der Waals surface area (Å²) in [5, 5.41) is 4.11. The van der Waals surface area contributed by atoms with Crippen molar-refractivity contribution in [1.29, 1.82) is 0 Å². The summed E-state index contributed by atoms with van der Waals surface area (Å²) in [6.45, 7) is 5.32. The van der Waals surface area contributed by atoms with Gasteiger partial charge in [0.15, 0.2) is 0 Å². The zero-order valence-corrected chi connectivity index (χ0v) is 21.4. The number of fused-ring (bicyclic) bond motifs is 1. The maximum Gasteiger partial charge on any atom is 0.331 e. The molecule has 2 atom stereocenters. The molecule has 4 heterocycles. The molecule has 9 heteroatoms. The topological polar surface area (TPSA) is 78.2 Å². The number of nitrogens with zero attached hydrogens (tertiary/aromatic N) is 3. The van der Waals surface area contributed by atoms with Crippen molar-refractivity contribution in [3.05, 3.63) is 79.0 Å². The Bertz CT molecular complexity index is 1520. The number of halogens is 1. The molecule has 1 aliphatic rings. The molecule has 1 aliphatic heterocycles. The van der Waals surface area contributed by atoms with E-state index in [4.69, 9.17) is 16.3 Å². The van der Waals surface area contributed by atoms with Crippen molar-refractivity contribution in [2.45, 2.75) is 45.4 Å². The maximum absolute atomic E-state index is 12.5. The summed E-state index contributed by atoms with van der Waals surface area (Å²) in [6.07, 6.45) is 5.27. The van der Waals surface area contributed by atoms with E-state index in [1.54, 1.807) is 13.2 Å². The van der Waals surface area contributed by atoms with Crippen LogP contribution < -0.4 is 21.3 Å². The molecule has 1 N–H and O–H groups in total. The summed E-state index contributed by atoms with van der Waals surface area (Å²) in [5.74, 6) is 0.837. The molecule has 4 aromatic rings. The minimum atomic E-state index is -0.347. The lowest BCUT2D eigenvalue weighted by molar-refractivity contribution is 0.144. The van der Waals surface area contributed by atoms with E-state index in [0.717, 1.165) is 56.9 Å². The molecule has 0 spiro atoms. The van der Waals surface area contributed by atoms with Crippen LogP contribution in [-0.4, -0.2) is 32.8 Å². The summed E-state index contributed by atoms with van der Waals surface area (Å²) in [5.41, 5.74) is 3.02. The summed E-state index contributed by atoms with van der Waals surface area (Å²) in [7, 11) is 1.63. The summed E-state index contributed by atoms with van der Waals surface area (Å²) < 4.78 is 10.2. The lowest BCUT2D eigenvalue weighted by Crippen LogP contribution is -2.40. The number of thiophene rings is 1. The molecule has 5 rings (SSSR count). The highest BCUT2D eigenvalue weighted by Gasteiger charge is 2.23. The Hall–Kier alpha value is -2.94. The Morgan fingerprint density at radius 1 is 1.23 bits per heavy atom. The second-order valence-electron chi connectivity index (χ2n) is 9.14. The fraction of sp³-hybridized carbons (Fsp3) is 0.346. The number of benzene rings is 1. The standard InChI is InChI=1S/C26H27ClN4O3S/c1-15-10-17(27)12-21(24(15)34-18-4-7-28-16(2)11-18)20-5-8-29-22-13-19(35-25(20)22)14-31-23(32)6-9-30(3)26(31)33/h5-6,8-10,12-13,16,18,28H,4,7,11,14H2,1-3H3/t16-,18-/m0/s1. The van der Waals surface area contributed by atoms with Gasteiger partial charge >= 0.3 is 5.69 Å².